The van der Waals surface area contributed by atoms with Crippen molar-refractivity contribution in [2.24, 2.45) is 0 Å². The fourth-order valence-corrected chi connectivity index (χ4v) is 5.87. The number of methoxy groups -OCH3 is 2. The van der Waals surface area contributed by atoms with Gasteiger partial charge >= 0.3 is 0 Å². The van der Waals surface area contributed by atoms with Gasteiger partial charge in [0.05, 0.1) is 19.2 Å². The van der Waals surface area contributed by atoms with Gasteiger partial charge in [-0.2, -0.15) is 0 Å². The highest BCUT2D eigenvalue weighted by Crippen LogP contribution is 2.45. The standard InChI is InChI=1S/C23H20ClNO5S2/c1-28-19-11-6-12-20(29-2)22(19)30-23-18(24)13-21(31-23)32(26,27)25-14-16-9-5-8-15-7-3-4-10-17(15)16/h3-13,25H,14H2,1-2H3. The average molecular weight is 490 g/mol. The van der Waals surface area contributed by atoms with Gasteiger partial charge in [0.25, 0.3) is 10.0 Å². The maximum absolute atomic E-state index is 12.9. The number of ether oxygens (including phenoxy) is 3. The molecule has 4 rings (SSSR count). The van der Waals surface area contributed by atoms with E-state index in [1.807, 2.05) is 42.5 Å². The molecule has 32 heavy (non-hydrogen) atoms. The predicted molar refractivity (Wildman–Crippen MR) is 127 cm³/mol. The number of sulfonamides is 1. The first-order valence-corrected chi connectivity index (χ1v) is 12.2. The lowest BCUT2D eigenvalue weighted by atomic mass is 10.1. The van der Waals surface area contributed by atoms with Crippen molar-refractivity contribution in [3.05, 3.63) is 77.3 Å². The van der Waals surface area contributed by atoms with E-state index < -0.39 is 10.0 Å². The number of fused-ring (bicyclic) bond motifs is 1. The number of rotatable bonds is 8. The van der Waals surface area contributed by atoms with Crippen LogP contribution in [0.5, 0.6) is 22.3 Å². The van der Waals surface area contributed by atoms with Gasteiger partial charge in [0, 0.05) is 6.54 Å². The van der Waals surface area contributed by atoms with Crippen molar-refractivity contribution in [3.63, 3.8) is 0 Å². The summed E-state index contributed by atoms with van der Waals surface area (Å²) in [5.41, 5.74) is 0.879. The predicted octanol–water partition coefficient (Wildman–Crippen LogP) is 5.84. The van der Waals surface area contributed by atoms with Crippen LogP contribution in [0.25, 0.3) is 10.8 Å². The summed E-state index contributed by atoms with van der Waals surface area (Å²) >= 11 is 7.22. The van der Waals surface area contributed by atoms with Gasteiger partial charge in [-0.15, -0.1) is 0 Å². The van der Waals surface area contributed by atoms with Crippen LogP contribution in [0.3, 0.4) is 0 Å². The summed E-state index contributed by atoms with van der Waals surface area (Å²) in [4.78, 5) is 0. The number of hydrogen-bond acceptors (Lipinski definition) is 6. The van der Waals surface area contributed by atoms with E-state index in [1.54, 1.807) is 18.2 Å². The van der Waals surface area contributed by atoms with Crippen LogP contribution in [0.4, 0.5) is 0 Å². The van der Waals surface area contributed by atoms with E-state index in [0.717, 1.165) is 27.7 Å². The highest BCUT2D eigenvalue weighted by Gasteiger charge is 2.23. The molecule has 0 bridgehead atoms. The Morgan fingerprint density at radius 3 is 2.31 bits per heavy atom. The number of hydrogen-bond donors (Lipinski definition) is 1. The molecule has 0 fully saturated rings. The van der Waals surface area contributed by atoms with E-state index in [-0.39, 0.29) is 20.8 Å². The second kappa shape index (κ2) is 9.38. The van der Waals surface area contributed by atoms with E-state index in [1.165, 1.54) is 20.3 Å². The third-order valence-electron chi connectivity index (χ3n) is 4.81. The lowest BCUT2D eigenvalue weighted by Crippen LogP contribution is -2.22. The second-order valence-corrected chi connectivity index (χ2v) is 10.2. The number of thiophene rings is 1. The highest BCUT2D eigenvalue weighted by atomic mass is 35.5. The molecule has 0 spiro atoms. The van der Waals surface area contributed by atoms with Crippen molar-refractivity contribution in [2.45, 2.75) is 10.8 Å². The van der Waals surface area contributed by atoms with Gasteiger partial charge < -0.3 is 14.2 Å². The number of halogens is 1. The molecular weight excluding hydrogens is 470 g/mol. The molecule has 6 nitrogen and oxygen atoms in total. The zero-order chi connectivity index (χ0) is 22.7. The van der Waals surface area contributed by atoms with E-state index in [4.69, 9.17) is 25.8 Å². The van der Waals surface area contributed by atoms with E-state index in [0.29, 0.717) is 17.2 Å². The van der Waals surface area contributed by atoms with Gasteiger partial charge in [0.2, 0.25) is 10.8 Å². The summed E-state index contributed by atoms with van der Waals surface area (Å²) < 4.78 is 45.1. The maximum atomic E-state index is 12.9. The highest BCUT2D eigenvalue weighted by molar-refractivity contribution is 7.91. The summed E-state index contributed by atoms with van der Waals surface area (Å²) in [6.07, 6.45) is 0. The number of nitrogens with one attached hydrogen (secondary N) is 1. The van der Waals surface area contributed by atoms with Crippen LogP contribution < -0.4 is 18.9 Å². The van der Waals surface area contributed by atoms with Crippen molar-refractivity contribution >= 4 is 43.7 Å². The van der Waals surface area contributed by atoms with Gasteiger partial charge in [0.15, 0.2) is 11.5 Å². The Bertz CT molecular complexity index is 1340. The lowest BCUT2D eigenvalue weighted by molar-refractivity contribution is 0.349. The van der Waals surface area contributed by atoms with E-state index >= 15 is 0 Å². The van der Waals surface area contributed by atoms with Crippen molar-refractivity contribution < 1.29 is 22.6 Å². The first-order valence-electron chi connectivity index (χ1n) is 9.57. The molecule has 0 radical (unpaired) electrons. The Labute approximate surface area is 195 Å². The Morgan fingerprint density at radius 2 is 1.59 bits per heavy atom. The van der Waals surface area contributed by atoms with Gasteiger partial charge in [0.1, 0.15) is 4.21 Å². The minimum atomic E-state index is -3.81. The second-order valence-electron chi connectivity index (χ2n) is 6.76. The molecule has 0 unspecified atom stereocenters. The summed E-state index contributed by atoms with van der Waals surface area (Å²) in [5, 5.41) is 2.44. The Hall–Kier alpha value is -2.78. The molecule has 1 N–H and O–H groups in total. The monoisotopic (exact) mass is 489 g/mol. The van der Waals surface area contributed by atoms with Gasteiger partial charge in [-0.3, -0.25) is 0 Å². The number of benzene rings is 3. The molecule has 166 valence electrons. The van der Waals surface area contributed by atoms with Crippen LogP contribution in [0.1, 0.15) is 5.56 Å². The van der Waals surface area contributed by atoms with Crippen LogP contribution >= 0.6 is 22.9 Å². The Morgan fingerprint density at radius 1 is 0.938 bits per heavy atom. The zero-order valence-electron chi connectivity index (χ0n) is 17.3. The minimum Gasteiger partial charge on any atom is -0.493 e. The van der Waals surface area contributed by atoms with Crippen LogP contribution in [-0.2, 0) is 16.6 Å². The molecular formula is C23H20ClNO5S2. The van der Waals surface area contributed by atoms with E-state index in [2.05, 4.69) is 4.72 Å². The molecule has 9 heteroatoms. The summed E-state index contributed by atoms with van der Waals surface area (Å²) in [5.74, 6) is 1.19. The third kappa shape index (κ3) is 4.54. The molecule has 0 atom stereocenters. The molecule has 1 heterocycles. The molecule has 3 aromatic carbocycles. The number of para-hydroxylation sites is 1. The third-order valence-corrected chi connectivity index (χ3v) is 8.09. The largest absolute Gasteiger partial charge is 0.493 e. The summed E-state index contributed by atoms with van der Waals surface area (Å²) in [7, 11) is -0.801. The molecule has 1 aromatic heterocycles. The first kappa shape index (κ1) is 22.4. The average Bonchev–Trinajstić information content (AvgIpc) is 3.19. The van der Waals surface area contributed by atoms with Crippen LogP contribution in [0.2, 0.25) is 5.02 Å². The fraction of sp³-hybridized carbons (Fsp3) is 0.130. The molecule has 0 saturated carbocycles. The Kier molecular flexibility index (Phi) is 6.57. The van der Waals surface area contributed by atoms with Gasteiger partial charge in [-0.25, -0.2) is 13.1 Å². The van der Waals surface area contributed by atoms with Gasteiger partial charge in [-0.05, 0) is 34.5 Å². The normalized spacial score (nSPS) is 11.5. The van der Waals surface area contributed by atoms with Crippen LogP contribution in [-0.4, -0.2) is 22.6 Å². The van der Waals surface area contributed by atoms with Crippen molar-refractivity contribution in [2.75, 3.05) is 14.2 Å². The van der Waals surface area contributed by atoms with Crippen molar-refractivity contribution in [1.29, 1.82) is 0 Å². The van der Waals surface area contributed by atoms with Crippen molar-refractivity contribution in [3.8, 4) is 22.3 Å². The quantitative estimate of drug-likeness (QED) is 0.336. The molecule has 4 aromatic rings. The first-order chi connectivity index (χ1) is 15.4. The SMILES string of the molecule is COc1cccc(OC)c1Oc1sc(S(=O)(=O)NCc2cccc3ccccc23)cc1Cl. The zero-order valence-corrected chi connectivity index (χ0v) is 19.7. The van der Waals surface area contributed by atoms with E-state index in [9.17, 15) is 8.42 Å². The minimum absolute atomic E-state index is 0.0478. The summed E-state index contributed by atoms with van der Waals surface area (Å²) in [6, 6.07) is 20.2. The maximum Gasteiger partial charge on any atom is 0.250 e. The smallest absolute Gasteiger partial charge is 0.250 e. The molecule has 0 saturated heterocycles. The Balaban J connectivity index is 1.58. The summed E-state index contributed by atoms with van der Waals surface area (Å²) in [6.45, 7) is 0.149. The van der Waals surface area contributed by atoms with Crippen molar-refractivity contribution in [1.82, 2.24) is 4.72 Å². The molecule has 0 amide bonds. The topological polar surface area (TPSA) is 73.9 Å². The van der Waals surface area contributed by atoms with Gasteiger partial charge in [-0.1, -0.05) is 71.5 Å². The molecule has 0 aliphatic rings. The molecule has 0 aliphatic carbocycles. The van der Waals surface area contributed by atoms with Crippen LogP contribution in [0, 0.1) is 0 Å². The van der Waals surface area contributed by atoms with Crippen LogP contribution in [0.15, 0.2) is 70.9 Å². The molecule has 0 aliphatic heterocycles. The fourth-order valence-electron chi connectivity index (χ4n) is 3.23. The lowest BCUT2D eigenvalue weighted by Gasteiger charge is -2.12.